The van der Waals surface area contributed by atoms with E-state index in [1.165, 1.54) is 0 Å². The maximum atomic E-state index is 12.1. The molecule has 0 radical (unpaired) electrons. The van der Waals surface area contributed by atoms with Crippen molar-refractivity contribution in [3.63, 3.8) is 0 Å². The van der Waals surface area contributed by atoms with Gasteiger partial charge >= 0.3 is 11.9 Å². The third kappa shape index (κ3) is 5.80. The third-order valence-electron chi connectivity index (χ3n) is 5.98. The fourth-order valence-corrected chi connectivity index (χ4v) is 7.00. The number of carbonyl (C=O) groups is 2. The molecule has 2 aromatic carbocycles. The van der Waals surface area contributed by atoms with Crippen LogP contribution in [0.4, 0.5) is 0 Å². The van der Waals surface area contributed by atoms with Crippen LogP contribution in [0.25, 0.3) is 11.1 Å². The molecule has 0 saturated heterocycles. The number of sulfone groups is 2. The first-order valence-electron chi connectivity index (χ1n) is 10.5. The number of fused-ring (bicyclic) bond motifs is 3. The standard InChI is InChI=1S/C23H26O8S2/c24-21(25)15-32(28,29)13-5-11-23(12-6-14-33(30,31)16-22(26)27)19-9-3-1-7-17(19)18-8-2-4-10-20(18)23/h1-4,7-10H,5-6,11-16H2,(H,24,25)(H,26,27). The molecule has 0 saturated carbocycles. The highest BCUT2D eigenvalue weighted by atomic mass is 32.2. The van der Waals surface area contributed by atoms with Gasteiger partial charge in [-0.25, -0.2) is 16.8 Å². The van der Waals surface area contributed by atoms with E-state index in [-0.39, 0.29) is 24.3 Å². The molecule has 3 rings (SSSR count). The zero-order valence-electron chi connectivity index (χ0n) is 17.9. The Balaban J connectivity index is 1.93. The normalized spacial score (nSPS) is 14.4. The van der Waals surface area contributed by atoms with Crippen molar-refractivity contribution in [1.82, 2.24) is 0 Å². The second-order valence-electron chi connectivity index (χ2n) is 8.35. The summed E-state index contributed by atoms with van der Waals surface area (Å²) < 4.78 is 48.6. The van der Waals surface area contributed by atoms with E-state index < -0.39 is 48.5 Å². The summed E-state index contributed by atoms with van der Waals surface area (Å²) in [6.07, 6.45) is 1.19. The van der Waals surface area contributed by atoms with E-state index in [2.05, 4.69) is 0 Å². The van der Waals surface area contributed by atoms with Crippen molar-refractivity contribution in [2.45, 2.75) is 31.1 Å². The van der Waals surface area contributed by atoms with Gasteiger partial charge in [0.1, 0.15) is 11.5 Å². The molecule has 0 spiro atoms. The summed E-state index contributed by atoms with van der Waals surface area (Å²) in [4.78, 5) is 21.7. The fraction of sp³-hybridized carbons (Fsp3) is 0.391. The molecule has 10 heteroatoms. The molecule has 0 aromatic heterocycles. The van der Waals surface area contributed by atoms with Crippen molar-refractivity contribution in [3.05, 3.63) is 59.7 Å². The Morgan fingerprint density at radius 3 is 1.39 bits per heavy atom. The Morgan fingerprint density at radius 1 is 0.667 bits per heavy atom. The number of benzene rings is 2. The predicted octanol–water partition coefficient (Wildman–Crippen LogP) is 2.51. The van der Waals surface area contributed by atoms with Crippen LogP contribution >= 0.6 is 0 Å². The molecule has 33 heavy (non-hydrogen) atoms. The molecule has 0 unspecified atom stereocenters. The van der Waals surface area contributed by atoms with Crippen LogP contribution in [-0.2, 0) is 34.7 Å². The number of carboxylic acids is 2. The highest BCUT2D eigenvalue weighted by Crippen LogP contribution is 2.53. The van der Waals surface area contributed by atoms with Crippen molar-refractivity contribution < 1.29 is 36.6 Å². The van der Waals surface area contributed by atoms with Gasteiger partial charge in [0.25, 0.3) is 0 Å². The molecular formula is C23H26O8S2. The van der Waals surface area contributed by atoms with Gasteiger partial charge in [-0.15, -0.1) is 0 Å². The molecule has 0 heterocycles. The van der Waals surface area contributed by atoms with Crippen LogP contribution < -0.4 is 0 Å². The van der Waals surface area contributed by atoms with Crippen LogP contribution in [-0.4, -0.2) is 62.0 Å². The van der Waals surface area contributed by atoms with Gasteiger partial charge in [0.15, 0.2) is 19.7 Å². The minimum Gasteiger partial charge on any atom is -0.480 e. The van der Waals surface area contributed by atoms with Crippen molar-refractivity contribution in [1.29, 1.82) is 0 Å². The number of aliphatic carboxylic acids is 2. The smallest absolute Gasteiger partial charge is 0.318 e. The Labute approximate surface area is 193 Å². The first-order valence-corrected chi connectivity index (χ1v) is 14.1. The van der Waals surface area contributed by atoms with Crippen LogP contribution in [0.15, 0.2) is 48.5 Å². The number of rotatable bonds is 12. The van der Waals surface area contributed by atoms with E-state index >= 15 is 0 Å². The van der Waals surface area contributed by atoms with E-state index in [1.807, 2.05) is 48.5 Å². The van der Waals surface area contributed by atoms with E-state index in [0.717, 1.165) is 22.3 Å². The maximum absolute atomic E-state index is 12.1. The van der Waals surface area contributed by atoms with E-state index in [0.29, 0.717) is 12.8 Å². The maximum Gasteiger partial charge on any atom is 0.318 e. The largest absolute Gasteiger partial charge is 0.480 e. The lowest BCUT2D eigenvalue weighted by molar-refractivity contribution is -0.135. The van der Waals surface area contributed by atoms with Gasteiger partial charge < -0.3 is 10.2 Å². The minimum atomic E-state index is -3.77. The molecule has 1 aliphatic rings. The molecule has 8 nitrogen and oxygen atoms in total. The second kappa shape index (κ2) is 9.64. The van der Waals surface area contributed by atoms with Crippen LogP contribution in [0, 0.1) is 0 Å². The summed E-state index contributed by atoms with van der Waals surface area (Å²) >= 11 is 0. The molecule has 2 aromatic rings. The van der Waals surface area contributed by atoms with Gasteiger partial charge in [0.05, 0.1) is 11.5 Å². The first kappa shape index (κ1) is 24.9. The molecule has 0 atom stereocenters. The lowest BCUT2D eigenvalue weighted by Gasteiger charge is -2.32. The van der Waals surface area contributed by atoms with Gasteiger partial charge in [-0.2, -0.15) is 0 Å². The molecule has 1 aliphatic carbocycles. The quantitative estimate of drug-likeness (QED) is 0.458. The van der Waals surface area contributed by atoms with Crippen LogP contribution in [0.3, 0.4) is 0 Å². The Bertz CT molecular complexity index is 1160. The molecule has 0 amide bonds. The summed E-state index contributed by atoms with van der Waals surface area (Å²) in [6, 6.07) is 15.4. The van der Waals surface area contributed by atoms with Gasteiger partial charge in [-0.05, 0) is 47.9 Å². The molecule has 178 valence electrons. The second-order valence-corrected chi connectivity index (χ2v) is 12.7. The molecule has 2 N–H and O–H groups in total. The zero-order valence-corrected chi connectivity index (χ0v) is 19.6. The van der Waals surface area contributed by atoms with Gasteiger partial charge in [0, 0.05) is 5.41 Å². The summed E-state index contributed by atoms with van der Waals surface area (Å²) in [7, 11) is -7.54. The lowest BCUT2D eigenvalue weighted by atomic mass is 9.71. The Morgan fingerprint density at radius 2 is 1.03 bits per heavy atom. The van der Waals surface area contributed by atoms with Gasteiger partial charge in [-0.3, -0.25) is 9.59 Å². The summed E-state index contributed by atoms with van der Waals surface area (Å²) in [6.45, 7) is 0. The first-order chi connectivity index (χ1) is 15.5. The van der Waals surface area contributed by atoms with E-state index in [1.54, 1.807) is 0 Å². The minimum absolute atomic E-state index is 0.208. The van der Waals surface area contributed by atoms with Crippen molar-refractivity contribution in [2.24, 2.45) is 0 Å². The average Bonchev–Trinajstić information content (AvgIpc) is 2.97. The summed E-state index contributed by atoms with van der Waals surface area (Å²) in [5, 5.41) is 17.7. The van der Waals surface area contributed by atoms with E-state index in [9.17, 15) is 26.4 Å². The SMILES string of the molecule is O=C(O)CS(=O)(=O)CCCC1(CCCS(=O)(=O)CC(=O)O)c2ccccc2-c2ccccc21. The Kier molecular flexibility index (Phi) is 7.28. The van der Waals surface area contributed by atoms with Gasteiger partial charge in [0.2, 0.25) is 0 Å². The number of carboxylic acid groups (broad SMARTS) is 2. The summed E-state index contributed by atoms with van der Waals surface area (Å²) in [5.41, 5.74) is 3.28. The topological polar surface area (TPSA) is 143 Å². The number of hydrogen-bond acceptors (Lipinski definition) is 6. The Hall–Kier alpha value is -2.72. The molecule has 0 bridgehead atoms. The fourth-order valence-electron chi connectivity index (χ4n) is 4.79. The average molecular weight is 495 g/mol. The third-order valence-corrected chi connectivity index (χ3v) is 9.17. The van der Waals surface area contributed by atoms with E-state index in [4.69, 9.17) is 10.2 Å². The summed E-state index contributed by atoms with van der Waals surface area (Å²) in [5.74, 6) is -5.23. The lowest BCUT2D eigenvalue weighted by Crippen LogP contribution is -2.28. The van der Waals surface area contributed by atoms with Crippen molar-refractivity contribution in [3.8, 4) is 11.1 Å². The van der Waals surface area contributed by atoms with Gasteiger partial charge in [-0.1, -0.05) is 48.5 Å². The van der Waals surface area contributed by atoms with Crippen molar-refractivity contribution >= 4 is 31.6 Å². The molecular weight excluding hydrogens is 468 g/mol. The van der Waals surface area contributed by atoms with Crippen molar-refractivity contribution in [2.75, 3.05) is 23.0 Å². The van der Waals surface area contributed by atoms with Crippen LogP contribution in [0.2, 0.25) is 0 Å². The highest BCUT2D eigenvalue weighted by molar-refractivity contribution is 7.92. The number of hydrogen-bond donors (Lipinski definition) is 2. The molecule has 0 fully saturated rings. The highest BCUT2D eigenvalue weighted by Gasteiger charge is 2.42. The van der Waals surface area contributed by atoms with Crippen LogP contribution in [0.5, 0.6) is 0 Å². The zero-order chi connectivity index (χ0) is 24.3. The monoisotopic (exact) mass is 494 g/mol. The molecule has 0 aliphatic heterocycles. The van der Waals surface area contributed by atoms with Crippen LogP contribution in [0.1, 0.15) is 36.8 Å². The predicted molar refractivity (Wildman–Crippen MR) is 124 cm³/mol.